The molecule has 0 amide bonds. The molecule has 0 unspecified atom stereocenters. The van der Waals surface area contributed by atoms with E-state index >= 15 is 0 Å². The molecule has 0 saturated carbocycles. The molecule has 0 saturated heterocycles. The van der Waals surface area contributed by atoms with Gasteiger partial charge in [-0.05, 0) is 66.1 Å². The summed E-state index contributed by atoms with van der Waals surface area (Å²) in [5.41, 5.74) is 6.71. The number of nitrogens with zero attached hydrogens (tertiary/aromatic N) is 6. The molecule has 0 N–H and O–H groups in total. The number of allylic oxidation sites excluding steroid dienone is 2. The first kappa shape index (κ1) is 26.0. The summed E-state index contributed by atoms with van der Waals surface area (Å²) >= 11 is 3.59. The van der Waals surface area contributed by atoms with E-state index in [0.717, 1.165) is 42.0 Å². The molecule has 4 aromatic heterocycles. The average Bonchev–Trinajstić information content (AvgIpc) is 3.74. The Hall–Kier alpha value is -4.60. The largest absolute Gasteiger partial charge is 0.343 e. The Bertz CT molecular complexity index is 1660. The van der Waals surface area contributed by atoms with Crippen molar-refractivity contribution in [2.45, 2.75) is 32.1 Å². The molecule has 0 aromatic carbocycles. The van der Waals surface area contributed by atoms with Crippen molar-refractivity contribution in [2.75, 3.05) is 0 Å². The van der Waals surface area contributed by atoms with Gasteiger partial charge in [0.1, 0.15) is 35.4 Å². The molecule has 0 spiro atoms. The Morgan fingerprint density at radius 3 is 1.59 bits per heavy atom. The molecule has 5 rings (SSSR count). The predicted molar refractivity (Wildman–Crippen MR) is 156 cm³/mol. The third-order valence-corrected chi connectivity index (χ3v) is 9.73. The van der Waals surface area contributed by atoms with Gasteiger partial charge in [-0.1, -0.05) is 19.8 Å². The second kappa shape index (κ2) is 10.6. The number of hydrogen-bond donors (Lipinski definition) is 0. The van der Waals surface area contributed by atoms with Gasteiger partial charge in [0.2, 0.25) is 0 Å². The molecule has 1 aliphatic rings. The zero-order valence-corrected chi connectivity index (χ0v) is 23.5. The Morgan fingerprint density at radius 2 is 1.21 bits per heavy atom. The SMILES string of the molecule is CCCCC1c2cc(-c3ccc(C=C(C#N)C#N)n3C)sc2-c2sc(-c3ccc(C=C(C#N)C#N)n3C)cc21. The number of aromatic nitrogens is 2. The Balaban J connectivity index is 1.56. The minimum absolute atomic E-state index is 0.0857. The minimum atomic E-state index is 0.0857. The monoisotopic (exact) mass is 544 g/mol. The summed E-state index contributed by atoms with van der Waals surface area (Å²) in [4.78, 5) is 4.98. The van der Waals surface area contributed by atoms with Crippen LogP contribution in [0.1, 0.15) is 54.6 Å². The number of unbranched alkanes of at least 4 members (excludes halogenated alkanes) is 1. The number of fused-ring (bicyclic) bond motifs is 3. The highest BCUT2D eigenvalue weighted by molar-refractivity contribution is 7.25. The summed E-state index contributed by atoms with van der Waals surface area (Å²) in [7, 11) is 3.93. The van der Waals surface area contributed by atoms with Crippen LogP contribution in [0.4, 0.5) is 0 Å². The zero-order chi connectivity index (χ0) is 27.7. The van der Waals surface area contributed by atoms with Crippen molar-refractivity contribution in [1.82, 2.24) is 9.13 Å². The van der Waals surface area contributed by atoms with Gasteiger partial charge in [0, 0.05) is 41.2 Å². The molecular formula is C31H24N6S2. The number of thiophene rings is 2. The van der Waals surface area contributed by atoms with Crippen LogP contribution in [-0.2, 0) is 14.1 Å². The molecule has 4 aromatic rings. The maximum absolute atomic E-state index is 9.16. The molecule has 8 heteroatoms. The van der Waals surface area contributed by atoms with Crippen molar-refractivity contribution in [1.29, 1.82) is 21.0 Å². The summed E-state index contributed by atoms with van der Waals surface area (Å²) in [6.45, 7) is 2.22. The summed E-state index contributed by atoms with van der Waals surface area (Å²) < 4.78 is 4.07. The van der Waals surface area contributed by atoms with Crippen molar-refractivity contribution in [3.63, 3.8) is 0 Å². The van der Waals surface area contributed by atoms with Crippen LogP contribution in [0.2, 0.25) is 0 Å². The quantitative estimate of drug-likeness (QED) is 0.220. The lowest BCUT2D eigenvalue weighted by Crippen LogP contribution is -1.96. The number of hydrogen-bond acceptors (Lipinski definition) is 6. The third kappa shape index (κ3) is 4.52. The number of nitriles is 4. The van der Waals surface area contributed by atoms with Crippen molar-refractivity contribution in [2.24, 2.45) is 14.1 Å². The van der Waals surface area contributed by atoms with E-state index in [4.69, 9.17) is 21.0 Å². The molecule has 0 radical (unpaired) electrons. The summed E-state index contributed by atoms with van der Waals surface area (Å²) in [5.74, 6) is 0.344. The molecule has 0 bridgehead atoms. The second-order valence-corrected chi connectivity index (χ2v) is 11.6. The van der Waals surface area contributed by atoms with Crippen LogP contribution in [-0.4, -0.2) is 9.13 Å². The Kier molecular flexibility index (Phi) is 7.10. The van der Waals surface area contributed by atoms with E-state index in [1.54, 1.807) is 34.8 Å². The average molecular weight is 545 g/mol. The molecular weight excluding hydrogens is 521 g/mol. The van der Waals surface area contributed by atoms with E-state index < -0.39 is 0 Å². The second-order valence-electron chi connectivity index (χ2n) is 9.45. The molecule has 190 valence electrons. The van der Waals surface area contributed by atoms with Crippen molar-refractivity contribution >= 4 is 34.8 Å². The maximum atomic E-state index is 9.16. The summed E-state index contributed by atoms with van der Waals surface area (Å²) in [6, 6.07) is 20.4. The lowest BCUT2D eigenvalue weighted by Gasteiger charge is -2.11. The van der Waals surface area contributed by atoms with Crippen molar-refractivity contribution in [3.8, 4) is 55.2 Å². The van der Waals surface area contributed by atoms with E-state index in [0.29, 0.717) is 5.92 Å². The molecule has 4 heterocycles. The first-order valence-electron chi connectivity index (χ1n) is 12.6. The van der Waals surface area contributed by atoms with Gasteiger partial charge in [-0.2, -0.15) is 21.0 Å². The van der Waals surface area contributed by atoms with Crippen molar-refractivity contribution < 1.29 is 0 Å². The van der Waals surface area contributed by atoms with E-state index in [1.165, 1.54) is 30.6 Å². The van der Waals surface area contributed by atoms with Gasteiger partial charge in [0.15, 0.2) is 0 Å². The topological polar surface area (TPSA) is 105 Å². The third-order valence-electron chi connectivity index (χ3n) is 7.22. The zero-order valence-electron chi connectivity index (χ0n) is 21.8. The van der Waals surface area contributed by atoms with E-state index in [9.17, 15) is 0 Å². The molecule has 39 heavy (non-hydrogen) atoms. The van der Waals surface area contributed by atoms with E-state index in [1.807, 2.05) is 59.6 Å². The highest BCUT2D eigenvalue weighted by Gasteiger charge is 2.34. The maximum Gasteiger partial charge on any atom is 0.131 e. The van der Waals surface area contributed by atoms with Crippen LogP contribution in [0, 0.1) is 45.3 Å². The van der Waals surface area contributed by atoms with Gasteiger partial charge in [0.05, 0.1) is 21.1 Å². The highest BCUT2D eigenvalue weighted by atomic mass is 32.1. The smallest absolute Gasteiger partial charge is 0.131 e. The van der Waals surface area contributed by atoms with Gasteiger partial charge in [-0.3, -0.25) is 0 Å². The molecule has 6 nitrogen and oxygen atoms in total. The van der Waals surface area contributed by atoms with Gasteiger partial charge >= 0.3 is 0 Å². The fourth-order valence-electron chi connectivity index (χ4n) is 5.14. The van der Waals surface area contributed by atoms with Gasteiger partial charge < -0.3 is 9.13 Å². The molecule has 0 atom stereocenters. The van der Waals surface area contributed by atoms with Crippen LogP contribution in [0.5, 0.6) is 0 Å². The Labute approximate surface area is 235 Å². The lowest BCUT2D eigenvalue weighted by atomic mass is 9.93. The van der Waals surface area contributed by atoms with Crippen LogP contribution in [0.25, 0.3) is 43.0 Å². The lowest BCUT2D eigenvalue weighted by molar-refractivity contribution is 0.661. The Morgan fingerprint density at radius 1 is 0.769 bits per heavy atom. The van der Waals surface area contributed by atoms with Crippen LogP contribution in [0.15, 0.2) is 47.5 Å². The van der Waals surface area contributed by atoms with E-state index in [2.05, 4.69) is 31.2 Å². The summed E-state index contributed by atoms with van der Waals surface area (Å²) in [5, 5.41) is 36.6. The van der Waals surface area contributed by atoms with Crippen molar-refractivity contribution in [3.05, 3.63) is 70.1 Å². The van der Waals surface area contributed by atoms with Crippen LogP contribution in [0.3, 0.4) is 0 Å². The normalized spacial score (nSPS) is 11.6. The van der Waals surface area contributed by atoms with Gasteiger partial charge in [-0.15, -0.1) is 22.7 Å². The summed E-state index contributed by atoms with van der Waals surface area (Å²) in [6.07, 6.45) is 6.62. The highest BCUT2D eigenvalue weighted by Crippen LogP contribution is 2.57. The number of rotatable bonds is 7. The van der Waals surface area contributed by atoms with Gasteiger partial charge in [-0.25, -0.2) is 0 Å². The minimum Gasteiger partial charge on any atom is -0.343 e. The first-order valence-corrected chi connectivity index (χ1v) is 14.2. The van der Waals surface area contributed by atoms with Crippen LogP contribution >= 0.6 is 22.7 Å². The standard InChI is InChI=1S/C31H24N6S2/c1-4-5-6-23-24-13-28(26-9-7-21(36(26)2)11-19(15-32)16-33)38-30(24)31-25(23)14-29(39-31)27-10-8-22(37(27)3)12-20(17-34)18-35/h7-14,23H,4-6H2,1-3H3. The fraction of sp³-hybridized carbons (Fsp3) is 0.226. The van der Waals surface area contributed by atoms with E-state index in [-0.39, 0.29) is 11.1 Å². The molecule has 0 fully saturated rings. The van der Waals surface area contributed by atoms with Crippen LogP contribution < -0.4 is 0 Å². The molecule has 0 aliphatic heterocycles. The molecule has 1 aliphatic carbocycles. The van der Waals surface area contributed by atoms with Gasteiger partial charge in [0.25, 0.3) is 0 Å². The fourth-order valence-corrected chi connectivity index (χ4v) is 7.88. The first-order chi connectivity index (χ1) is 18.9. The predicted octanol–water partition coefficient (Wildman–Crippen LogP) is 7.98.